The highest BCUT2D eigenvalue weighted by atomic mass is 15.3. The van der Waals surface area contributed by atoms with E-state index in [1.807, 2.05) is 11.7 Å². The maximum absolute atomic E-state index is 5.80. The molecule has 1 aliphatic carbocycles. The normalized spacial score (nSPS) is 19.8. The molecule has 0 bridgehead atoms. The Bertz CT molecular complexity index is 391. The number of rotatable bonds is 6. The molecule has 108 valence electrons. The highest BCUT2D eigenvalue weighted by Gasteiger charge is 2.23. The van der Waals surface area contributed by atoms with Crippen molar-refractivity contribution in [2.75, 3.05) is 0 Å². The standard InChI is InChI=1S/C15H28N4/c1-11(7-6-8-12(2)16)15-17-14(18-19(15)3)13-9-4-5-10-13/h11-13H,4-10,16H2,1-3H3. The Kier molecular flexibility index (Phi) is 4.97. The minimum absolute atomic E-state index is 0.306. The van der Waals surface area contributed by atoms with Crippen LogP contribution in [-0.4, -0.2) is 20.8 Å². The van der Waals surface area contributed by atoms with E-state index in [4.69, 9.17) is 10.7 Å². The van der Waals surface area contributed by atoms with Gasteiger partial charge in [0.05, 0.1) is 0 Å². The summed E-state index contributed by atoms with van der Waals surface area (Å²) in [4.78, 5) is 4.81. The Morgan fingerprint density at radius 1 is 1.26 bits per heavy atom. The maximum atomic E-state index is 5.80. The molecule has 2 N–H and O–H groups in total. The molecule has 1 fully saturated rings. The molecule has 4 nitrogen and oxygen atoms in total. The first-order chi connectivity index (χ1) is 9.08. The fourth-order valence-corrected chi connectivity index (χ4v) is 3.08. The van der Waals surface area contributed by atoms with Crippen molar-refractivity contribution in [2.45, 2.75) is 76.7 Å². The van der Waals surface area contributed by atoms with Crippen molar-refractivity contribution in [3.63, 3.8) is 0 Å². The molecule has 0 saturated heterocycles. The van der Waals surface area contributed by atoms with Crippen molar-refractivity contribution < 1.29 is 0 Å². The molecular weight excluding hydrogens is 236 g/mol. The first-order valence-corrected chi connectivity index (χ1v) is 7.74. The van der Waals surface area contributed by atoms with Gasteiger partial charge in [0.15, 0.2) is 5.82 Å². The van der Waals surface area contributed by atoms with Gasteiger partial charge in [-0.15, -0.1) is 0 Å². The molecule has 0 amide bonds. The van der Waals surface area contributed by atoms with Crippen molar-refractivity contribution in [3.8, 4) is 0 Å². The Morgan fingerprint density at radius 2 is 1.95 bits per heavy atom. The van der Waals surface area contributed by atoms with Gasteiger partial charge >= 0.3 is 0 Å². The number of hydrogen-bond donors (Lipinski definition) is 1. The van der Waals surface area contributed by atoms with E-state index in [2.05, 4.69) is 18.9 Å². The summed E-state index contributed by atoms with van der Waals surface area (Å²) < 4.78 is 1.99. The van der Waals surface area contributed by atoms with Gasteiger partial charge in [0.2, 0.25) is 0 Å². The minimum Gasteiger partial charge on any atom is -0.328 e. The number of nitrogens with two attached hydrogens (primary N) is 1. The van der Waals surface area contributed by atoms with Crippen LogP contribution in [-0.2, 0) is 7.05 Å². The van der Waals surface area contributed by atoms with Gasteiger partial charge in [0, 0.05) is 24.9 Å². The lowest BCUT2D eigenvalue weighted by atomic mass is 10.0. The van der Waals surface area contributed by atoms with Crippen LogP contribution in [0.25, 0.3) is 0 Å². The zero-order chi connectivity index (χ0) is 13.8. The topological polar surface area (TPSA) is 56.7 Å². The fraction of sp³-hybridized carbons (Fsp3) is 0.867. The van der Waals surface area contributed by atoms with Crippen LogP contribution in [0.4, 0.5) is 0 Å². The molecule has 1 aromatic heterocycles. The van der Waals surface area contributed by atoms with Crippen LogP contribution in [0.1, 0.15) is 82.3 Å². The average Bonchev–Trinajstić information content (AvgIpc) is 2.96. The molecule has 1 heterocycles. The Balaban J connectivity index is 1.95. The number of aromatic nitrogens is 3. The fourth-order valence-electron chi connectivity index (χ4n) is 3.08. The lowest BCUT2D eigenvalue weighted by molar-refractivity contribution is 0.525. The van der Waals surface area contributed by atoms with Gasteiger partial charge in [-0.3, -0.25) is 4.68 Å². The summed E-state index contributed by atoms with van der Waals surface area (Å²) in [6, 6.07) is 0.306. The second-order valence-corrected chi connectivity index (χ2v) is 6.24. The van der Waals surface area contributed by atoms with Crippen LogP contribution < -0.4 is 5.73 Å². The predicted octanol–water partition coefficient (Wildman–Crippen LogP) is 3.09. The van der Waals surface area contributed by atoms with Crippen LogP contribution in [0.5, 0.6) is 0 Å². The van der Waals surface area contributed by atoms with E-state index in [0.717, 1.165) is 24.5 Å². The van der Waals surface area contributed by atoms with Crippen LogP contribution in [0, 0.1) is 0 Å². The third kappa shape index (κ3) is 3.78. The van der Waals surface area contributed by atoms with Gasteiger partial charge in [-0.05, 0) is 32.6 Å². The highest BCUT2D eigenvalue weighted by Crippen LogP contribution is 2.33. The Labute approximate surface area is 116 Å². The smallest absolute Gasteiger partial charge is 0.154 e. The number of hydrogen-bond acceptors (Lipinski definition) is 3. The van der Waals surface area contributed by atoms with E-state index in [1.165, 1.54) is 32.1 Å². The van der Waals surface area contributed by atoms with E-state index in [0.29, 0.717) is 17.9 Å². The van der Waals surface area contributed by atoms with Crippen LogP contribution in [0.3, 0.4) is 0 Å². The van der Waals surface area contributed by atoms with Gasteiger partial charge < -0.3 is 5.73 Å². The second kappa shape index (κ2) is 6.51. The summed E-state index contributed by atoms with van der Waals surface area (Å²) >= 11 is 0. The molecule has 2 atom stereocenters. The molecule has 1 saturated carbocycles. The van der Waals surface area contributed by atoms with Crippen molar-refractivity contribution >= 4 is 0 Å². The van der Waals surface area contributed by atoms with Crippen LogP contribution in [0.2, 0.25) is 0 Å². The minimum atomic E-state index is 0.306. The third-order valence-corrected chi connectivity index (χ3v) is 4.27. The first kappa shape index (κ1) is 14.5. The van der Waals surface area contributed by atoms with E-state index >= 15 is 0 Å². The average molecular weight is 264 g/mol. The summed E-state index contributed by atoms with van der Waals surface area (Å²) in [5, 5.41) is 4.64. The van der Waals surface area contributed by atoms with Gasteiger partial charge in [0.25, 0.3) is 0 Å². The van der Waals surface area contributed by atoms with Gasteiger partial charge in [-0.25, -0.2) is 4.98 Å². The molecule has 0 aromatic carbocycles. The Morgan fingerprint density at radius 3 is 2.58 bits per heavy atom. The predicted molar refractivity (Wildman–Crippen MR) is 78.1 cm³/mol. The monoisotopic (exact) mass is 264 g/mol. The SMILES string of the molecule is CC(N)CCCC(C)c1nc(C2CCCC2)nn1C. The summed E-state index contributed by atoms with van der Waals surface area (Å²) in [7, 11) is 2.03. The zero-order valence-corrected chi connectivity index (χ0v) is 12.6. The second-order valence-electron chi connectivity index (χ2n) is 6.24. The van der Waals surface area contributed by atoms with Crippen molar-refractivity contribution in [2.24, 2.45) is 12.8 Å². The quantitative estimate of drug-likeness (QED) is 0.859. The molecule has 4 heteroatoms. The Hall–Kier alpha value is -0.900. The van der Waals surface area contributed by atoms with Crippen LogP contribution in [0.15, 0.2) is 0 Å². The molecule has 2 unspecified atom stereocenters. The van der Waals surface area contributed by atoms with Gasteiger partial charge in [-0.2, -0.15) is 5.10 Å². The van der Waals surface area contributed by atoms with Gasteiger partial charge in [-0.1, -0.05) is 26.2 Å². The van der Waals surface area contributed by atoms with Crippen molar-refractivity contribution in [1.82, 2.24) is 14.8 Å². The summed E-state index contributed by atoms with van der Waals surface area (Å²) in [6.07, 6.45) is 8.62. The molecule has 2 rings (SSSR count). The summed E-state index contributed by atoms with van der Waals surface area (Å²) in [5.41, 5.74) is 5.80. The van der Waals surface area contributed by atoms with Crippen molar-refractivity contribution in [1.29, 1.82) is 0 Å². The van der Waals surface area contributed by atoms with Gasteiger partial charge in [0.1, 0.15) is 5.82 Å². The molecule has 19 heavy (non-hydrogen) atoms. The number of nitrogens with zero attached hydrogens (tertiary/aromatic N) is 3. The van der Waals surface area contributed by atoms with Crippen LogP contribution >= 0.6 is 0 Å². The van der Waals surface area contributed by atoms with Crippen molar-refractivity contribution in [3.05, 3.63) is 11.6 Å². The molecular formula is C15H28N4. The summed E-state index contributed by atoms with van der Waals surface area (Å²) in [6.45, 7) is 4.33. The van der Waals surface area contributed by atoms with E-state index in [-0.39, 0.29) is 0 Å². The lowest BCUT2D eigenvalue weighted by Crippen LogP contribution is -2.14. The number of aryl methyl sites for hydroxylation is 1. The molecule has 0 radical (unpaired) electrons. The molecule has 0 aliphatic heterocycles. The maximum Gasteiger partial charge on any atom is 0.154 e. The third-order valence-electron chi connectivity index (χ3n) is 4.27. The molecule has 1 aromatic rings. The molecule has 1 aliphatic rings. The van der Waals surface area contributed by atoms with E-state index in [1.54, 1.807) is 0 Å². The first-order valence-electron chi connectivity index (χ1n) is 7.74. The van der Waals surface area contributed by atoms with E-state index in [9.17, 15) is 0 Å². The zero-order valence-electron chi connectivity index (χ0n) is 12.6. The molecule has 0 spiro atoms. The lowest BCUT2D eigenvalue weighted by Gasteiger charge is -2.11. The largest absolute Gasteiger partial charge is 0.328 e. The van der Waals surface area contributed by atoms with E-state index < -0.39 is 0 Å². The highest BCUT2D eigenvalue weighted by molar-refractivity contribution is 5.04. The summed E-state index contributed by atoms with van der Waals surface area (Å²) in [5.74, 6) is 3.31.